The zero-order valence-corrected chi connectivity index (χ0v) is 27.4. The van der Waals surface area contributed by atoms with E-state index in [2.05, 4.69) is 203 Å². The molecule has 0 bridgehead atoms. The van der Waals surface area contributed by atoms with Gasteiger partial charge in [-0.1, -0.05) is 140 Å². The molecular weight excluding hydrogens is 605 g/mol. The number of aromatic nitrogens is 2. The van der Waals surface area contributed by atoms with Crippen molar-refractivity contribution in [1.29, 1.82) is 0 Å². The summed E-state index contributed by atoms with van der Waals surface area (Å²) >= 11 is 0. The van der Waals surface area contributed by atoms with Crippen molar-refractivity contribution in [1.82, 2.24) is 9.13 Å². The Labute approximate surface area is 290 Å². The van der Waals surface area contributed by atoms with Crippen molar-refractivity contribution in [3.63, 3.8) is 0 Å². The molecule has 0 atom stereocenters. The molecule has 0 amide bonds. The Morgan fingerprint density at radius 1 is 0.260 bits per heavy atom. The quantitative estimate of drug-likeness (QED) is 0.178. The van der Waals surface area contributed by atoms with Gasteiger partial charge in [0, 0.05) is 32.8 Å². The Morgan fingerprint density at radius 3 is 1.62 bits per heavy atom. The number of para-hydroxylation sites is 4. The smallest absolute Gasteiger partial charge is 0.0547 e. The summed E-state index contributed by atoms with van der Waals surface area (Å²) in [4.78, 5) is 0. The maximum absolute atomic E-state index is 2.44. The topological polar surface area (TPSA) is 9.86 Å². The van der Waals surface area contributed by atoms with E-state index >= 15 is 0 Å². The van der Waals surface area contributed by atoms with Crippen LogP contribution in [-0.4, -0.2) is 9.13 Å². The van der Waals surface area contributed by atoms with Gasteiger partial charge in [0.05, 0.1) is 27.8 Å². The number of hydrogen-bond acceptors (Lipinski definition) is 0. The van der Waals surface area contributed by atoms with Crippen LogP contribution in [0.5, 0.6) is 0 Å². The molecule has 10 aromatic rings. The predicted molar refractivity (Wildman–Crippen MR) is 211 cm³/mol. The van der Waals surface area contributed by atoms with Gasteiger partial charge < -0.3 is 9.13 Å². The third-order valence-corrected chi connectivity index (χ3v) is 10.1. The Morgan fingerprint density at radius 2 is 0.800 bits per heavy atom. The normalized spacial score (nSPS) is 11.6. The van der Waals surface area contributed by atoms with Crippen molar-refractivity contribution in [2.75, 3.05) is 0 Å². The number of nitrogens with zero attached hydrogens (tertiary/aromatic N) is 2. The first-order valence-electron chi connectivity index (χ1n) is 17.2. The molecule has 0 saturated carbocycles. The molecule has 2 aromatic heterocycles. The molecule has 234 valence electrons. The monoisotopic (exact) mass is 636 g/mol. The van der Waals surface area contributed by atoms with E-state index < -0.39 is 0 Å². The van der Waals surface area contributed by atoms with E-state index in [9.17, 15) is 0 Å². The first-order valence-corrected chi connectivity index (χ1v) is 17.2. The van der Waals surface area contributed by atoms with Gasteiger partial charge in [0.1, 0.15) is 0 Å². The molecule has 2 heteroatoms. The van der Waals surface area contributed by atoms with E-state index in [4.69, 9.17) is 0 Å². The third-order valence-electron chi connectivity index (χ3n) is 10.1. The standard InChI is InChI=1S/C48H32N2/c1-3-14-33(15-4-1)35-27-29-47-43(31-35)41-22-9-12-25-46(41)50(47)44-23-10-7-20-39(44)37-17-13-16-34(30-37)36-26-28-42-40-21-8-11-24-45(40)49(48(42)32-36)38-18-5-2-6-19-38/h1-32H. The van der Waals surface area contributed by atoms with Gasteiger partial charge in [0.25, 0.3) is 0 Å². The van der Waals surface area contributed by atoms with Gasteiger partial charge in [-0.3, -0.25) is 0 Å². The third kappa shape index (κ3) is 4.50. The van der Waals surface area contributed by atoms with Gasteiger partial charge in [-0.15, -0.1) is 0 Å². The number of fused-ring (bicyclic) bond motifs is 6. The Bertz CT molecular complexity index is 2860. The van der Waals surface area contributed by atoms with E-state index in [0.29, 0.717) is 0 Å². The largest absolute Gasteiger partial charge is 0.309 e. The van der Waals surface area contributed by atoms with Crippen LogP contribution < -0.4 is 0 Å². The molecule has 0 unspecified atom stereocenters. The molecule has 10 rings (SSSR count). The van der Waals surface area contributed by atoms with Crippen LogP contribution in [0.2, 0.25) is 0 Å². The zero-order chi connectivity index (χ0) is 33.0. The number of benzene rings is 8. The average Bonchev–Trinajstić information content (AvgIpc) is 3.71. The molecule has 0 radical (unpaired) electrons. The highest BCUT2D eigenvalue weighted by molar-refractivity contribution is 6.12. The van der Waals surface area contributed by atoms with Gasteiger partial charge in [-0.25, -0.2) is 0 Å². The molecular formula is C48H32N2. The van der Waals surface area contributed by atoms with Crippen molar-refractivity contribution >= 4 is 43.6 Å². The molecule has 0 fully saturated rings. The Hall–Kier alpha value is -6.64. The van der Waals surface area contributed by atoms with Crippen molar-refractivity contribution in [3.05, 3.63) is 194 Å². The minimum absolute atomic E-state index is 1.17. The summed E-state index contributed by atoms with van der Waals surface area (Å²) in [6.07, 6.45) is 0. The van der Waals surface area contributed by atoms with E-state index in [0.717, 1.165) is 0 Å². The summed E-state index contributed by atoms with van der Waals surface area (Å²) in [5, 5.41) is 5.04. The second kappa shape index (κ2) is 11.5. The fraction of sp³-hybridized carbons (Fsp3) is 0. The summed E-state index contributed by atoms with van der Waals surface area (Å²) in [5.41, 5.74) is 14.4. The highest BCUT2D eigenvalue weighted by atomic mass is 15.0. The first kappa shape index (κ1) is 28.4. The highest BCUT2D eigenvalue weighted by Crippen LogP contribution is 2.40. The van der Waals surface area contributed by atoms with Gasteiger partial charge >= 0.3 is 0 Å². The van der Waals surface area contributed by atoms with Crippen molar-refractivity contribution in [3.8, 4) is 44.8 Å². The molecule has 8 aromatic carbocycles. The molecule has 0 spiro atoms. The maximum atomic E-state index is 2.44. The van der Waals surface area contributed by atoms with Crippen molar-refractivity contribution in [2.45, 2.75) is 0 Å². The molecule has 0 saturated heterocycles. The highest BCUT2D eigenvalue weighted by Gasteiger charge is 2.17. The molecule has 2 heterocycles. The van der Waals surface area contributed by atoms with E-state index in [-0.39, 0.29) is 0 Å². The minimum Gasteiger partial charge on any atom is -0.309 e. The van der Waals surface area contributed by atoms with Crippen LogP contribution in [0.15, 0.2) is 194 Å². The van der Waals surface area contributed by atoms with Crippen LogP contribution in [0.25, 0.3) is 88.4 Å². The second-order valence-electron chi connectivity index (χ2n) is 13.0. The summed E-state index contributed by atoms with van der Waals surface area (Å²) in [5.74, 6) is 0. The Balaban J connectivity index is 1.13. The number of hydrogen-bond donors (Lipinski definition) is 0. The van der Waals surface area contributed by atoms with E-state index in [1.54, 1.807) is 0 Å². The van der Waals surface area contributed by atoms with Crippen LogP contribution in [0.1, 0.15) is 0 Å². The lowest BCUT2D eigenvalue weighted by Gasteiger charge is -2.15. The average molecular weight is 637 g/mol. The zero-order valence-electron chi connectivity index (χ0n) is 27.4. The SMILES string of the molecule is c1ccc(-c2ccc3c(c2)c2ccccc2n3-c2ccccc2-c2cccc(-c3ccc4c5ccccc5n(-c5ccccc5)c4c3)c2)cc1. The van der Waals surface area contributed by atoms with Crippen LogP contribution in [0.4, 0.5) is 0 Å². The van der Waals surface area contributed by atoms with E-state index in [1.807, 2.05) is 0 Å². The van der Waals surface area contributed by atoms with Crippen LogP contribution >= 0.6 is 0 Å². The summed E-state index contributed by atoms with van der Waals surface area (Å²) in [6, 6.07) is 70.4. The molecule has 50 heavy (non-hydrogen) atoms. The summed E-state index contributed by atoms with van der Waals surface area (Å²) in [7, 11) is 0. The summed E-state index contributed by atoms with van der Waals surface area (Å²) < 4.78 is 4.82. The first-order chi connectivity index (χ1) is 24.8. The lowest BCUT2D eigenvalue weighted by atomic mass is 9.97. The fourth-order valence-corrected chi connectivity index (χ4v) is 7.83. The molecule has 0 aliphatic carbocycles. The number of rotatable bonds is 5. The predicted octanol–water partition coefficient (Wildman–Crippen LogP) is 12.9. The van der Waals surface area contributed by atoms with E-state index in [1.165, 1.54) is 88.4 Å². The molecule has 0 aliphatic heterocycles. The lowest BCUT2D eigenvalue weighted by Crippen LogP contribution is -1.97. The fourth-order valence-electron chi connectivity index (χ4n) is 7.83. The van der Waals surface area contributed by atoms with Crippen molar-refractivity contribution < 1.29 is 0 Å². The Kier molecular flexibility index (Phi) is 6.53. The van der Waals surface area contributed by atoms with Crippen LogP contribution in [-0.2, 0) is 0 Å². The summed E-state index contributed by atoms with van der Waals surface area (Å²) in [6.45, 7) is 0. The van der Waals surface area contributed by atoms with Gasteiger partial charge in [-0.05, 0) is 82.4 Å². The minimum atomic E-state index is 1.17. The molecule has 0 N–H and O–H groups in total. The lowest BCUT2D eigenvalue weighted by molar-refractivity contribution is 1.18. The van der Waals surface area contributed by atoms with Crippen LogP contribution in [0.3, 0.4) is 0 Å². The second-order valence-corrected chi connectivity index (χ2v) is 13.0. The van der Waals surface area contributed by atoms with Gasteiger partial charge in [0.2, 0.25) is 0 Å². The van der Waals surface area contributed by atoms with Crippen LogP contribution in [0, 0.1) is 0 Å². The van der Waals surface area contributed by atoms with Gasteiger partial charge in [0.15, 0.2) is 0 Å². The van der Waals surface area contributed by atoms with Crippen molar-refractivity contribution in [2.24, 2.45) is 0 Å². The maximum Gasteiger partial charge on any atom is 0.0547 e. The molecule has 0 aliphatic rings. The molecule has 2 nitrogen and oxygen atoms in total. The van der Waals surface area contributed by atoms with Gasteiger partial charge in [-0.2, -0.15) is 0 Å².